The van der Waals surface area contributed by atoms with Crippen LogP contribution in [-0.2, 0) is 17.6 Å². The van der Waals surface area contributed by atoms with Crippen LogP contribution in [0.2, 0.25) is 10.2 Å². The maximum Gasteiger partial charge on any atom is 0.337 e. The summed E-state index contributed by atoms with van der Waals surface area (Å²) in [7, 11) is 1.34. The lowest BCUT2D eigenvalue weighted by Gasteiger charge is -2.14. The Morgan fingerprint density at radius 1 is 1.07 bits per heavy atom. The highest BCUT2D eigenvalue weighted by molar-refractivity contribution is 6.39. The minimum Gasteiger partial charge on any atom is -0.465 e. The first-order chi connectivity index (χ1) is 14.0. The minimum absolute atomic E-state index is 0.0477. The zero-order valence-electron chi connectivity index (χ0n) is 15.6. The van der Waals surface area contributed by atoms with Crippen molar-refractivity contribution >= 4 is 35.1 Å². The van der Waals surface area contributed by atoms with Gasteiger partial charge in [0.15, 0.2) is 0 Å². The van der Waals surface area contributed by atoms with E-state index in [1.807, 2.05) is 12.1 Å². The second-order valence-corrected chi connectivity index (χ2v) is 7.49. The Morgan fingerprint density at radius 2 is 1.79 bits per heavy atom. The normalized spacial score (nSPS) is 13.1. The molecule has 0 amide bonds. The topological polar surface area (TPSA) is 74.1 Å². The van der Waals surface area contributed by atoms with Crippen LogP contribution in [0.1, 0.15) is 44.8 Å². The maximum absolute atomic E-state index is 13.2. The first-order valence-corrected chi connectivity index (χ1v) is 9.91. The quantitative estimate of drug-likeness (QED) is 0.448. The van der Waals surface area contributed by atoms with E-state index in [1.165, 1.54) is 24.1 Å². The van der Waals surface area contributed by atoms with Crippen molar-refractivity contribution < 1.29 is 14.3 Å². The van der Waals surface area contributed by atoms with Gasteiger partial charge in [-0.1, -0.05) is 35.3 Å². The van der Waals surface area contributed by atoms with Crippen LogP contribution in [0.5, 0.6) is 0 Å². The molecule has 2 heterocycles. The van der Waals surface area contributed by atoms with Crippen LogP contribution in [0.25, 0.3) is 11.3 Å². The number of halogens is 2. The molecule has 3 aromatic rings. The lowest BCUT2D eigenvalue weighted by Crippen LogP contribution is -2.19. The monoisotopic (exact) mass is 429 g/mol. The first kappa shape index (κ1) is 19.6. The van der Waals surface area contributed by atoms with Gasteiger partial charge in [-0.15, -0.1) is 0 Å². The number of rotatable bonds is 3. The molecule has 0 atom stereocenters. The van der Waals surface area contributed by atoms with Crippen LogP contribution in [0, 0.1) is 0 Å². The van der Waals surface area contributed by atoms with Gasteiger partial charge < -0.3 is 4.74 Å². The first-order valence-electron chi connectivity index (χ1n) is 9.15. The molecule has 8 heteroatoms. The van der Waals surface area contributed by atoms with Gasteiger partial charge in [0, 0.05) is 17.3 Å². The van der Waals surface area contributed by atoms with Gasteiger partial charge in [-0.3, -0.25) is 4.79 Å². The number of carbonyl (C=O) groups excluding carboxylic acids is 2. The zero-order chi connectivity index (χ0) is 20.5. The van der Waals surface area contributed by atoms with Crippen molar-refractivity contribution in [2.75, 3.05) is 7.11 Å². The molecule has 0 saturated carbocycles. The Hall–Kier alpha value is -2.70. The van der Waals surface area contributed by atoms with Crippen LogP contribution in [-0.4, -0.2) is 33.8 Å². The number of methoxy groups -OCH3 is 1. The number of pyridine rings is 1. The van der Waals surface area contributed by atoms with Gasteiger partial charge in [0.1, 0.15) is 5.15 Å². The van der Waals surface area contributed by atoms with Gasteiger partial charge >= 0.3 is 5.97 Å². The lowest BCUT2D eigenvalue weighted by molar-refractivity contribution is 0.0600. The molecular weight excluding hydrogens is 413 g/mol. The van der Waals surface area contributed by atoms with E-state index in [0.717, 1.165) is 48.2 Å². The van der Waals surface area contributed by atoms with Gasteiger partial charge in [-0.2, -0.15) is 9.78 Å². The smallest absolute Gasteiger partial charge is 0.337 e. The molecule has 1 aliphatic rings. The number of fused-ring (bicyclic) bond motifs is 1. The summed E-state index contributed by atoms with van der Waals surface area (Å²) in [6.45, 7) is 0. The number of ether oxygens (including phenoxy) is 1. The van der Waals surface area contributed by atoms with Crippen LogP contribution in [0.15, 0.2) is 36.5 Å². The Bertz CT molecular complexity index is 1090. The van der Waals surface area contributed by atoms with Crippen molar-refractivity contribution in [1.29, 1.82) is 0 Å². The molecule has 0 unspecified atom stereocenters. The van der Waals surface area contributed by atoms with E-state index in [2.05, 4.69) is 10.1 Å². The summed E-state index contributed by atoms with van der Waals surface area (Å²) in [4.78, 5) is 28.9. The highest BCUT2D eigenvalue weighted by atomic mass is 35.5. The van der Waals surface area contributed by atoms with E-state index < -0.39 is 11.9 Å². The maximum atomic E-state index is 13.2. The Kier molecular flexibility index (Phi) is 5.39. The van der Waals surface area contributed by atoms with Crippen molar-refractivity contribution in [3.63, 3.8) is 0 Å². The number of hydrogen-bond donors (Lipinski definition) is 0. The van der Waals surface area contributed by atoms with E-state index in [1.54, 1.807) is 12.1 Å². The summed E-state index contributed by atoms with van der Waals surface area (Å²) in [5, 5.41) is 4.90. The van der Waals surface area contributed by atoms with Gasteiger partial charge in [0.05, 0.1) is 34.6 Å². The fourth-order valence-corrected chi connectivity index (χ4v) is 4.11. The van der Waals surface area contributed by atoms with Gasteiger partial charge in [-0.05, 0) is 43.9 Å². The molecule has 4 rings (SSSR count). The molecule has 6 nitrogen and oxygen atoms in total. The van der Waals surface area contributed by atoms with E-state index in [-0.39, 0.29) is 15.7 Å². The molecule has 2 aromatic heterocycles. The predicted molar refractivity (Wildman–Crippen MR) is 110 cm³/mol. The molecular formula is C21H17Cl2N3O3. The minimum atomic E-state index is -0.403. The van der Waals surface area contributed by atoms with E-state index in [0.29, 0.717) is 5.56 Å². The second-order valence-electron chi connectivity index (χ2n) is 6.73. The molecule has 1 aromatic carbocycles. The summed E-state index contributed by atoms with van der Waals surface area (Å²) in [5.74, 6) is -0.802. The molecule has 148 valence electrons. The van der Waals surface area contributed by atoms with Crippen molar-refractivity contribution in [3.05, 3.63) is 69.1 Å². The Labute approximate surface area is 177 Å². The third-order valence-corrected chi connectivity index (χ3v) is 5.62. The molecule has 0 bridgehead atoms. The summed E-state index contributed by atoms with van der Waals surface area (Å²) < 4.78 is 6.14. The third-order valence-electron chi connectivity index (χ3n) is 5.02. The van der Waals surface area contributed by atoms with Gasteiger partial charge in [0.2, 0.25) is 0 Å². The fraction of sp³-hybridized carbons (Fsp3) is 0.238. The largest absolute Gasteiger partial charge is 0.465 e. The molecule has 0 saturated heterocycles. The Morgan fingerprint density at radius 3 is 2.48 bits per heavy atom. The number of esters is 1. The summed E-state index contributed by atoms with van der Waals surface area (Å²) in [5.41, 5.74) is 4.04. The average molecular weight is 430 g/mol. The number of benzene rings is 1. The number of nitrogens with zero attached hydrogens (tertiary/aromatic N) is 3. The highest BCUT2D eigenvalue weighted by Gasteiger charge is 2.27. The summed E-state index contributed by atoms with van der Waals surface area (Å²) in [6.07, 6.45) is 5.01. The third kappa shape index (κ3) is 3.54. The summed E-state index contributed by atoms with van der Waals surface area (Å²) in [6, 6.07) is 8.52. The fourth-order valence-electron chi connectivity index (χ4n) is 3.59. The zero-order valence-corrected chi connectivity index (χ0v) is 17.1. The van der Waals surface area contributed by atoms with E-state index >= 15 is 0 Å². The number of hydrogen-bond acceptors (Lipinski definition) is 5. The molecule has 0 radical (unpaired) electrons. The number of carbonyl (C=O) groups is 2. The van der Waals surface area contributed by atoms with Gasteiger partial charge in [-0.25, -0.2) is 9.78 Å². The van der Waals surface area contributed by atoms with E-state index in [9.17, 15) is 9.59 Å². The lowest BCUT2D eigenvalue weighted by atomic mass is 9.93. The SMILES string of the molecule is COC(=O)c1ccc(-c2nn(C(=O)c3c(Cl)ccnc3Cl)c3c2CCCC3)cc1. The second kappa shape index (κ2) is 7.97. The standard InChI is InChI=1S/C21H17Cl2N3O3/c1-29-21(28)13-8-6-12(7-9-13)18-14-4-2-3-5-16(14)26(25-18)20(27)17-15(22)10-11-24-19(17)23/h6-11H,2-5H2,1H3. The molecule has 0 spiro atoms. The van der Waals surface area contributed by atoms with Gasteiger partial charge in [0.25, 0.3) is 5.91 Å². The van der Waals surface area contributed by atoms with Crippen molar-refractivity contribution in [1.82, 2.24) is 14.8 Å². The van der Waals surface area contributed by atoms with Crippen LogP contribution < -0.4 is 0 Å². The molecule has 29 heavy (non-hydrogen) atoms. The van der Waals surface area contributed by atoms with Crippen LogP contribution >= 0.6 is 23.2 Å². The molecule has 0 aliphatic heterocycles. The average Bonchev–Trinajstić information content (AvgIpc) is 3.13. The van der Waals surface area contributed by atoms with E-state index in [4.69, 9.17) is 27.9 Å². The predicted octanol–water partition coefficient (Wildman–Crippen LogP) is 4.61. The summed E-state index contributed by atoms with van der Waals surface area (Å²) >= 11 is 12.4. The highest BCUT2D eigenvalue weighted by Crippen LogP contribution is 2.33. The van der Waals surface area contributed by atoms with Crippen molar-refractivity contribution in [3.8, 4) is 11.3 Å². The molecule has 0 fully saturated rings. The number of aromatic nitrogens is 3. The molecule has 1 aliphatic carbocycles. The van der Waals surface area contributed by atoms with Crippen LogP contribution in [0.3, 0.4) is 0 Å². The van der Waals surface area contributed by atoms with Crippen molar-refractivity contribution in [2.24, 2.45) is 0 Å². The van der Waals surface area contributed by atoms with Crippen molar-refractivity contribution in [2.45, 2.75) is 25.7 Å². The Balaban J connectivity index is 1.81. The molecule has 0 N–H and O–H groups in total. The van der Waals surface area contributed by atoms with Crippen LogP contribution in [0.4, 0.5) is 0 Å².